The zero-order chi connectivity index (χ0) is 10.1. The van der Waals surface area contributed by atoms with Crippen LogP contribution in [0.5, 0.6) is 0 Å². The van der Waals surface area contributed by atoms with Gasteiger partial charge in [0.1, 0.15) is 0 Å². The Morgan fingerprint density at radius 1 is 1.43 bits per heavy atom. The molecule has 0 radical (unpaired) electrons. The fourth-order valence-corrected chi connectivity index (χ4v) is 1.64. The van der Waals surface area contributed by atoms with Crippen molar-refractivity contribution in [3.8, 4) is 0 Å². The van der Waals surface area contributed by atoms with Crippen molar-refractivity contribution in [2.24, 2.45) is 0 Å². The summed E-state index contributed by atoms with van der Waals surface area (Å²) < 4.78 is 0. The molecular formula is C12H13NO. The number of carbonyl (C=O) groups is 1. The summed E-state index contributed by atoms with van der Waals surface area (Å²) in [6.45, 7) is 2.52. The summed E-state index contributed by atoms with van der Waals surface area (Å²) in [6.07, 6.45) is 4.08. The third-order valence-electron chi connectivity index (χ3n) is 2.48. The Morgan fingerprint density at radius 3 is 2.93 bits per heavy atom. The summed E-state index contributed by atoms with van der Waals surface area (Å²) in [6, 6.07) is 5.89. The van der Waals surface area contributed by atoms with Gasteiger partial charge >= 0.3 is 0 Å². The number of hydrogen-bond donors (Lipinski definition) is 0. The Kier molecular flexibility index (Phi) is 2.12. The van der Waals surface area contributed by atoms with E-state index in [-0.39, 0.29) is 5.78 Å². The largest absolute Gasteiger partial charge is 0.376 e. The van der Waals surface area contributed by atoms with Crippen LogP contribution in [0, 0.1) is 0 Å². The van der Waals surface area contributed by atoms with E-state index in [9.17, 15) is 4.79 Å². The van der Waals surface area contributed by atoms with Gasteiger partial charge in [-0.05, 0) is 36.4 Å². The zero-order valence-electron chi connectivity index (χ0n) is 8.45. The molecule has 0 saturated heterocycles. The van der Waals surface area contributed by atoms with Crippen LogP contribution < -0.4 is 0 Å². The van der Waals surface area contributed by atoms with Gasteiger partial charge in [0.2, 0.25) is 0 Å². The quantitative estimate of drug-likeness (QED) is 0.629. The van der Waals surface area contributed by atoms with Crippen molar-refractivity contribution in [1.82, 2.24) is 4.90 Å². The van der Waals surface area contributed by atoms with Crippen LogP contribution in [0.3, 0.4) is 0 Å². The highest BCUT2D eigenvalue weighted by Gasteiger charge is 2.09. The lowest BCUT2D eigenvalue weighted by Gasteiger charge is -2.20. The molecule has 0 bridgehead atoms. The molecule has 1 aromatic rings. The molecule has 14 heavy (non-hydrogen) atoms. The van der Waals surface area contributed by atoms with E-state index in [1.165, 1.54) is 5.56 Å². The van der Waals surface area contributed by atoms with Crippen molar-refractivity contribution >= 4 is 11.9 Å². The van der Waals surface area contributed by atoms with Crippen LogP contribution in [0.1, 0.15) is 28.4 Å². The lowest BCUT2D eigenvalue weighted by molar-refractivity contribution is 0.101. The summed E-state index contributed by atoms with van der Waals surface area (Å²) in [5.74, 6) is 0.125. The second-order valence-electron chi connectivity index (χ2n) is 3.70. The predicted octanol–water partition coefficient (Wildman–Crippen LogP) is 2.31. The first-order valence-corrected chi connectivity index (χ1v) is 4.69. The van der Waals surface area contributed by atoms with E-state index in [1.54, 1.807) is 6.92 Å². The van der Waals surface area contributed by atoms with Crippen molar-refractivity contribution < 1.29 is 4.79 Å². The number of rotatable bonds is 1. The van der Waals surface area contributed by atoms with E-state index >= 15 is 0 Å². The number of fused-ring (bicyclic) bond motifs is 1. The summed E-state index contributed by atoms with van der Waals surface area (Å²) >= 11 is 0. The molecule has 0 atom stereocenters. The molecule has 1 aliphatic rings. The number of nitrogens with zero attached hydrogens (tertiary/aromatic N) is 1. The maximum Gasteiger partial charge on any atom is 0.159 e. The SMILES string of the molecule is CC(=O)c1ccc2c(c1)C=CN(C)C2. The molecule has 0 fully saturated rings. The summed E-state index contributed by atoms with van der Waals surface area (Å²) in [5.41, 5.74) is 3.23. The van der Waals surface area contributed by atoms with Gasteiger partial charge in [0.25, 0.3) is 0 Å². The Bertz CT molecular complexity index is 407. The minimum atomic E-state index is 0.125. The van der Waals surface area contributed by atoms with Gasteiger partial charge in [-0.2, -0.15) is 0 Å². The molecule has 2 nitrogen and oxygen atoms in total. The number of benzene rings is 1. The van der Waals surface area contributed by atoms with Crippen molar-refractivity contribution in [3.63, 3.8) is 0 Å². The van der Waals surface area contributed by atoms with Crippen molar-refractivity contribution in [1.29, 1.82) is 0 Å². The Hall–Kier alpha value is -1.57. The van der Waals surface area contributed by atoms with Gasteiger partial charge in [0.05, 0.1) is 0 Å². The molecule has 1 aliphatic heterocycles. The highest BCUT2D eigenvalue weighted by molar-refractivity contribution is 5.94. The first-order valence-electron chi connectivity index (χ1n) is 4.69. The van der Waals surface area contributed by atoms with Gasteiger partial charge in [-0.3, -0.25) is 4.79 Å². The second-order valence-corrected chi connectivity index (χ2v) is 3.70. The average Bonchev–Trinajstić information content (AvgIpc) is 2.16. The van der Waals surface area contributed by atoms with Gasteiger partial charge in [0, 0.05) is 19.2 Å². The molecule has 0 aromatic heterocycles. The van der Waals surface area contributed by atoms with E-state index in [4.69, 9.17) is 0 Å². The standard InChI is InChI=1S/C12H13NO/c1-9(14)10-3-4-12-8-13(2)6-5-11(12)7-10/h3-7H,8H2,1-2H3. The molecule has 0 amide bonds. The Morgan fingerprint density at radius 2 is 2.21 bits per heavy atom. The van der Waals surface area contributed by atoms with Gasteiger partial charge in [-0.15, -0.1) is 0 Å². The molecule has 0 aliphatic carbocycles. The molecule has 2 heteroatoms. The summed E-state index contributed by atoms with van der Waals surface area (Å²) in [5, 5.41) is 0. The van der Waals surface area contributed by atoms with Crippen LogP contribution in [0.2, 0.25) is 0 Å². The van der Waals surface area contributed by atoms with Crippen LogP contribution in [0.15, 0.2) is 24.4 Å². The molecule has 0 unspecified atom stereocenters. The Balaban J connectivity index is 2.44. The van der Waals surface area contributed by atoms with E-state index in [0.717, 1.165) is 17.7 Å². The Labute approximate surface area is 83.8 Å². The third-order valence-corrected chi connectivity index (χ3v) is 2.48. The van der Waals surface area contributed by atoms with E-state index < -0.39 is 0 Å². The van der Waals surface area contributed by atoms with E-state index in [1.807, 2.05) is 37.5 Å². The predicted molar refractivity (Wildman–Crippen MR) is 56.9 cm³/mol. The molecule has 0 saturated carbocycles. The average molecular weight is 187 g/mol. The minimum absolute atomic E-state index is 0.125. The maximum atomic E-state index is 11.2. The van der Waals surface area contributed by atoms with Crippen molar-refractivity contribution in [2.45, 2.75) is 13.5 Å². The normalized spacial score (nSPS) is 14.0. The monoisotopic (exact) mass is 187 g/mol. The number of hydrogen-bond acceptors (Lipinski definition) is 2. The van der Waals surface area contributed by atoms with Crippen LogP contribution in [0.25, 0.3) is 6.08 Å². The maximum absolute atomic E-state index is 11.2. The highest BCUT2D eigenvalue weighted by atomic mass is 16.1. The topological polar surface area (TPSA) is 20.3 Å². The van der Waals surface area contributed by atoms with Crippen molar-refractivity contribution in [3.05, 3.63) is 41.1 Å². The number of Topliss-reactive ketones (excluding diaryl/α,β-unsaturated/α-hetero) is 1. The third kappa shape index (κ3) is 1.55. The number of carbonyl (C=O) groups excluding carboxylic acids is 1. The van der Waals surface area contributed by atoms with Gasteiger partial charge < -0.3 is 4.90 Å². The van der Waals surface area contributed by atoms with Crippen LogP contribution in [-0.4, -0.2) is 17.7 Å². The summed E-state index contributed by atoms with van der Waals surface area (Å²) in [4.78, 5) is 13.3. The zero-order valence-corrected chi connectivity index (χ0v) is 8.45. The van der Waals surface area contributed by atoms with Crippen LogP contribution in [-0.2, 0) is 6.54 Å². The smallest absolute Gasteiger partial charge is 0.159 e. The van der Waals surface area contributed by atoms with Crippen molar-refractivity contribution in [2.75, 3.05) is 7.05 Å². The van der Waals surface area contributed by atoms with Gasteiger partial charge in [-0.25, -0.2) is 0 Å². The first kappa shape index (κ1) is 9.00. The molecule has 0 N–H and O–H groups in total. The fourth-order valence-electron chi connectivity index (χ4n) is 1.64. The molecule has 0 spiro atoms. The lowest BCUT2D eigenvalue weighted by Crippen LogP contribution is -2.14. The first-order chi connectivity index (χ1) is 6.66. The fraction of sp³-hybridized carbons (Fsp3) is 0.250. The minimum Gasteiger partial charge on any atom is -0.376 e. The molecule has 1 aromatic carbocycles. The highest BCUT2D eigenvalue weighted by Crippen LogP contribution is 2.20. The molecule has 2 rings (SSSR count). The number of ketones is 1. The molecular weight excluding hydrogens is 174 g/mol. The second kappa shape index (κ2) is 3.29. The van der Waals surface area contributed by atoms with Gasteiger partial charge in [-0.1, -0.05) is 12.1 Å². The van der Waals surface area contributed by atoms with E-state index in [0.29, 0.717) is 0 Å². The molecule has 1 heterocycles. The van der Waals surface area contributed by atoms with Crippen LogP contribution in [0.4, 0.5) is 0 Å². The van der Waals surface area contributed by atoms with E-state index in [2.05, 4.69) is 4.90 Å². The van der Waals surface area contributed by atoms with Gasteiger partial charge in [0.15, 0.2) is 5.78 Å². The lowest BCUT2D eigenvalue weighted by atomic mass is 10.00. The van der Waals surface area contributed by atoms with Crippen LogP contribution >= 0.6 is 0 Å². The molecule has 72 valence electrons. The summed E-state index contributed by atoms with van der Waals surface area (Å²) in [7, 11) is 2.04.